The summed E-state index contributed by atoms with van der Waals surface area (Å²) in [7, 11) is 0. The van der Waals surface area contributed by atoms with Gasteiger partial charge in [-0.05, 0) is 42.8 Å². The number of halogens is 1. The van der Waals surface area contributed by atoms with E-state index in [1.54, 1.807) is 0 Å². The number of benzene rings is 2. The number of aromatic nitrogens is 3. The fourth-order valence-corrected chi connectivity index (χ4v) is 3.03. The summed E-state index contributed by atoms with van der Waals surface area (Å²) < 4.78 is 12.9. The molecule has 0 radical (unpaired) electrons. The van der Waals surface area contributed by atoms with Crippen LogP contribution in [0.2, 0.25) is 0 Å². The predicted molar refractivity (Wildman–Crippen MR) is 110 cm³/mol. The molecule has 0 aliphatic rings. The first-order valence-electron chi connectivity index (χ1n) is 8.46. The first-order valence-corrected chi connectivity index (χ1v) is 9.61. The number of carbonyl (C=O) groups excluding carboxylic acids is 1. The summed E-state index contributed by atoms with van der Waals surface area (Å²) in [6.45, 7) is 1.98. The molecule has 2 aromatic carbocycles. The molecular weight excluding hydrogens is 379 g/mol. The van der Waals surface area contributed by atoms with Gasteiger partial charge in [0.25, 0.3) is 0 Å². The smallest absolute Gasteiger partial charge is 0.234 e. The van der Waals surface area contributed by atoms with Crippen LogP contribution in [0.25, 0.3) is 0 Å². The van der Waals surface area contributed by atoms with Crippen molar-refractivity contribution < 1.29 is 9.18 Å². The Hall–Kier alpha value is -3.20. The zero-order chi connectivity index (χ0) is 19.9. The van der Waals surface area contributed by atoms with Gasteiger partial charge in [0, 0.05) is 11.4 Å². The van der Waals surface area contributed by atoms with Crippen molar-refractivity contribution >= 4 is 40.9 Å². The van der Waals surface area contributed by atoms with Gasteiger partial charge in [0.2, 0.25) is 17.8 Å². The fraction of sp³-hybridized carbons (Fsp3) is 0.158. The van der Waals surface area contributed by atoms with Crippen LogP contribution in [0.3, 0.4) is 0 Å². The molecule has 0 aliphatic heterocycles. The number of carbonyl (C=O) groups is 1. The Labute approximate surface area is 166 Å². The van der Waals surface area contributed by atoms with Gasteiger partial charge >= 0.3 is 0 Å². The van der Waals surface area contributed by atoms with Gasteiger partial charge < -0.3 is 16.4 Å². The molecular formula is C19H19FN6OS. The lowest BCUT2D eigenvalue weighted by Gasteiger charge is -2.09. The molecule has 7 nitrogen and oxygen atoms in total. The maximum absolute atomic E-state index is 12.9. The van der Waals surface area contributed by atoms with Gasteiger partial charge in [0.15, 0.2) is 0 Å². The number of rotatable bonds is 7. The molecule has 0 aliphatic carbocycles. The number of nitrogens with one attached hydrogen (secondary N) is 2. The predicted octanol–water partition coefficient (Wildman–Crippen LogP) is 3.52. The van der Waals surface area contributed by atoms with Crippen molar-refractivity contribution in [1.82, 2.24) is 15.0 Å². The summed E-state index contributed by atoms with van der Waals surface area (Å²) in [5.74, 6) is 0.982. The number of aryl methyl sites for hydroxylation is 1. The van der Waals surface area contributed by atoms with Crippen molar-refractivity contribution in [2.75, 3.05) is 22.1 Å². The summed E-state index contributed by atoms with van der Waals surface area (Å²) in [6, 6.07) is 13.4. The highest BCUT2D eigenvalue weighted by atomic mass is 32.2. The van der Waals surface area contributed by atoms with Crippen LogP contribution in [0.15, 0.2) is 48.5 Å². The second-order valence-corrected chi connectivity index (χ2v) is 6.91. The van der Waals surface area contributed by atoms with E-state index in [9.17, 15) is 9.18 Å². The van der Waals surface area contributed by atoms with Gasteiger partial charge in [0.1, 0.15) is 11.6 Å². The van der Waals surface area contributed by atoms with Crippen molar-refractivity contribution in [2.45, 2.75) is 12.7 Å². The largest absolute Gasteiger partial charge is 0.368 e. The summed E-state index contributed by atoms with van der Waals surface area (Å²) in [6.07, 6.45) is 0. The standard InChI is InChI=1S/C19H19FN6OS/c1-12-4-2-3-5-15(12)23-19-25-16(24-18(21)26-19)10-28-11-17(27)22-14-8-6-13(20)7-9-14/h2-9H,10-11H2,1H3,(H,22,27)(H3,21,23,24,25,26). The monoisotopic (exact) mass is 398 g/mol. The molecule has 0 unspecified atom stereocenters. The lowest BCUT2D eigenvalue weighted by atomic mass is 10.2. The molecule has 1 aromatic heterocycles. The minimum Gasteiger partial charge on any atom is -0.368 e. The molecule has 0 saturated carbocycles. The minimum atomic E-state index is -0.352. The van der Waals surface area contributed by atoms with E-state index in [0.29, 0.717) is 23.2 Å². The lowest BCUT2D eigenvalue weighted by Crippen LogP contribution is -2.14. The van der Waals surface area contributed by atoms with Crippen LogP contribution in [0.5, 0.6) is 0 Å². The molecule has 0 atom stereocenters. The van der Waals surface area contributed by atoms with Crippen LogP contribution in [0.4, 0.5) is 27.7 Å². The first-order chi connectivity index (χ1) is 13.5. The number of amides is 1. The zero-order valence-corrected chi connectivity index (χ0v) is 16.0. The van der Waals surface area contributed by atoms with Crippen LogP contribution in [-0.4, -0.2) is 26.6 Å². The molecule has 144 valence electrons. The summed E-state index contributed by atoms with van der Waals surface area (Å²) in [5, 5.41) is 5.83. The van der Waals surface area contributed by atoms with Crippen molar-refractivity contribution in [3.8, 4) is 0 Å². The summed E-state index contributed by atoms with van der Waals surface area (Å²) >= 11 is 1.34. The maximum Gasteiger partial charge on any atom is 0.234 e. The van der Waals surface area contributed by atoms with Crippen molar-refractivity contribution in [3.63, 3.8) is 0 Å². The summed E-state index contributed by atoms with van der Waals surface area (Å²) in [4.78, 5) is 24.5. The minimum absolute atomic E-state index is 0.109. The van der Waals surface area contributed by atoms with Crippen LogP contribution < -0.4 is 16.4 Å². The lowest BCUT2D eigenvalue weighted by molar-refractivity contribution is -0.113. The number of hydrogen-bond acceptors (Lipinski definition) is 7. The first kappa shape index (κ1) is 19.6. The van der Waals surface area contributed by atoms with Crippen molar-refractivity contribution in [2.24, 2.45) is 0 Å². The third-order valence-corrected chi connectivity index (χ3v) is 4.61. The van der Waals surface area contributed by atoms with E-state index in [1.807, 2.05) is 31.2 Å². The third kappa shape index (κ3) is 5.65. The van der Waals surface area contributed by atoms with Crippen LogP contribution in [-0.2, 0) is 10.5 Å². The Bertz CT molecular complexity index is 967. The van der Waals surface area contributed by atoms with Crippen molar-refractivity contribution in [1.29, 1.82) is 0 Å². The average molecular weight is 398 g/mol. The highest BCUT2D eigenvalue weighted by Crippen LogP contribution is 2.19. The number of para-hydroxylation sites is 1. The number of nitrogens with zero attached hydrogens (tertiary/aromatic N) is 3. The van der Waals surface area contributed by atoms with Gasteiger partial charge in [-0.2, -0.15) is 15.0 Å². The van der Waals surface area contributed by atoms with E-state index in [4.69, 9.17) is 5.73 Å². The van der Waals surface area contributed by atoms with Crippen LogP contribution >= 0.6 is 11.8 Å². The second kappa shape index (κ2) is 9.14. The Morgan fingerprint density at radius 3 is 2.61 bits per heavy atom. The van der Waals surface area contributed by atoms with Gasteiger partial charge in [0.05, 0.1) is 11.5 Å². The molecule has 0 fully saturated rings. The number of nitrogens with two attached hydrogens (primary N) is 1. The normalized spacial score (nSPS) is 10.5. The zero-order valence-electron chi connectivity index (χ0n) is 15.1. The Balaban J connectivity index is 1.55. The van der Waals surface area contributed by atoms with E-state index in [-0.39, 0.29) is 23.4 Å². The number of thioether (sulfide) groups is 1. The number of anilines is 4. The van der Waals surface area contributed by atoms with E-state index >= 15 is 0 Å². The van der Waals surface area contributed by atoms with Crippen LogP contribution in [0.1, 0.15) is 11.4 Å². The second-order valence-electron chi connectivity index (χ2n) is 5.92. The molecule has 4 N–H and O–H groups in total. The Morgan fingerprint density at radius 2 is 1.86 bits per heavy atom. The van der Waals surface area contributed by atoms with Gasteiger partial charge in [-0.1, -0.05) is 18.2 Å². The Morgan fingerprint density at radius 1 is 1.11 bits per heavy atom. The molecule has 0 spiro atoms. The van der Waals surface area contributed by atoms with Crippen molar-refractivity contribution in [3.05, 3.63) is 65.7 Å². The molecule has 0 saturated heterocycles. The Kier molecular flexibility index (Phi) is 6.38. The number of nitrogen functional groups attached to an aromatic ring is 1. The molecule has 9 heteroatoms. The van der Waals surface area contributed by atoms with Gasteiger partial charge in [-0.15, -0.1) is 11.8 Å². The van der Waals surface area contributed by atoms with Gasteiger partial charge in [-0.25, -0.2) is 4.39 Å². The highest BCUT2D eigenvalue weighted by molar-refractivity contribution is 7.99. The van der Waals surface area contributed by atoms with Gasteiger partial charge in [-0.3, -0.25) is 4.79 Å². The SMILES string of the molecule is Cc1ccccc1Nc1nc(N)nc(CSCC(=O)Nc2ccc(F)cc2)n1. The molecule has 28 heavy (non-hydrogen) atoms. The fourth-order valence-electron chi connectivity index (χ4n) is 2.36. The van der Waals surface area contributed by atoms with Crippen LogP contribution in [0, 0.1) is 12.7 Å². The summed E-state index contributed by atoms with van der Waals surface area (Å²) in [5.41, 5.74) is 8.25. The molecule has 1 amide bonds. The highest BCUT2D eigenvalue weighted by Gasteiger charge is 2.08. The molecule has 3 aromatic rings. The molecule has 3 rings (SSSR count). The number of hydrogen-bond donors (Lipinski definition) is 3. The van der Waals surface area contributed by atoms with E-state index < -0.39 is 0 Å². The van der Waals surface area contributed by atoms with E-state index in [2.05, 4.69) is 25.6 Å². The topological polar surface area (TPSA) is 106 Å². The maximum atomic E-state index is 12.9. The van der Waals surface area contributed by atoms with E-state index in [0.717, 1.165) is 11.3 Å². The van der Waals surface area contributed by atoms with E-state index in [1.165, 1.54) is 36.0 Å². The molecule has 1 heterocycles. The third-order valence-electron chi connectivity index (χ3n) is 3.68. The molecule has 0 bridgehead atoms. The quantitative estimate of drug-likeness (QED) is 0.559. The average Bonchev–Trinajstić information content (AvgIpc) is 2.65.